The Morgan fingerprint density at radius 2 is 1.95 bits per heavy atom. The SMILES string of the molecule is COc1ccc(CNC(=O)Cn2cnc3ccccc32)cc1. The maximum atomic E-state index is 12.1. The first kappa shape index (κ1) is 14.1. The summed E-state index contributed by atoms with van der Waals surface area (Å²) in [6.07, 6.45) is 1.69. The first-order valence-corrected chi connectivity index (χ1v) is 7.06. The second-order valence-corrected chi connectivity index (χ2v) is 4.99. The van der Waals surface area contributed by atoms with Crippen LogP contribution < -0.4 is 10.1 Å². The molecule has 0 radical (unpaired) electrons. The lowest BCUT2D eigenvalue weighted by atomic mass is 10.2. The minimum atomic E-state index is -0.0426. The number of para-hydroxylation sites is 2. The van der Waals surface area contributed by atoms with E-state index in [4.69, 9.17) is 4.74 Å². The molecule has 0 saturated heterocycles. The molecular weight excluding hydrogens is 278 g/mol. The number of benzene rings is 2. The van der Waals surface area contributed by atoms with Gasteiger partial charge in [0, 0.05) is 6.54 Å². The molecule has 2 aromatic carbocycles. The number of amides is 1. The van der Waals surface area contributed by atoms with Gasteiger partial charge in [-0.05, 0) is 29.8 Å². The molecule has 0 spiro atoms. The number of carbonyl (C=O) groups is 1. The van der Waals surface area contributed by atoms with E-state index >= 15 is 0 Å². The molecule has 3 rings (SSSR count). The summed E-state index contributed by atoms with van der Waals surface area (Å²) in [4.78, 5) is 16.3. The van der Waals surface area contributed by atoms with Crippen LogP contribution in [0.5, 0.6) is 5.75 Å². The van der Waals surface area contributed by atoms with Gasteiger partial charge in [-0.2, -0.15) is 0 Å². The molecule has 0 aliphatic rings. The highest BCUT2D eigenvalue weighted by molar-refractivity contribution is 5.80. The Morgan fingerprint density at radius 1 is 1.18 bits per heavy atom. The fourth-order valence-corrected chi connectivity index (χ4v) is 2.29. The van der Waals surface area contributed by atoms with Gasteiger partial charge in [-0.3, -0.25) is 4.79 Å². The molecule has 1 aromatic heterocycles. The number of nitrogens with one attached hydrogen (secondary N) is 1. The number of rotatable bonds is 5. The minimum Gasteiger partial charge on any atom is -0.497 e. The van der Waals surface area contributed by atoms with Crippen LogP contribution in [0.25, 0.3) is 11.0 Å². The van der Waals surface area contributed by atoms with Crippen LogP contribution >= 0.6 is 0 Å². The molecule has 1 amide bonds. The van der Waals surface area contributed by atoms with E-state index in [1.54, 1.807) is 13.4 Å². The Balaban J connectivity index is 1.60. The molecule has 1 heterocycles. The fourth-order valence-electron chi connectivity index (χ4n) is 2.29. The maximum Gasteiger partial charge on any atom is 0.240 e. The van der Waals surface area contributed by atoms with Gasteiger partial charge in [0.05, 0.1) is 24.5 Å². The Bertz CT molecular complexity index is 778. The summed E-state index contributed by atoms with van der Waals surface area (Å²) in [5.41, 5.74) is 2.89. The number of fused-ring (bicyclic) bond motifs is 1. The molecule has 22 heavy (non-hydrogen) atoms. The standard InChI is InChI=1S/C17H17N3O2/c1-22-14-8-6-13(7-9-14)10-18-17(21)11-20-12-19-15-4-2-3-5-16(15)20/h2-9,12H,10-11H2,1H3,(H,18,21). The van der Waals surface area contributed by atoms with E-state index in [0.717, 1.165) is 22.3 Å². The number of ether oxygens (including phenoxy) is 1. The van der Waals surface area contributed by atoms with Gasteiger partial charge in [0.25, 0.3) is 0 Å². The van der Waals surface area contributed by atoms with Crippen molar-refractivity contribution in [3.8, 4) is 5.75 Å². The van der Waals surface area contributed by atoms with Crippen molar-refractivity contribution >= 4 is 16.9 Å². The predicted octanol–water partition coefficient (Wildman–Crippen LogP) is 2.36. The Hall–Kier alpha value is -2.82. The third kappa shape index (κ3) is 3.09. The van der Waals surface area contributed by atoms with Crippen LogP contribution in [-0.2, 0) is 17.9 Å². The highest BCUT2D eigenvalue weighted by Gasteiger charge is 2.06. The molecule has 3 aromatic rings. The van der Waals surface area contributed by atoms with E-state index in [1.165, 1.54) is 0 Å². The third-order valence-corrected chi connectivity index (χ3v) is 3.49. The van der Waals surface area contributed by atoms with Crippen LogP contribution in [0, 0.1) is 0 Å². The van der Waals surface area contributed by atoms with Crippen LogP contribution in [-0.4, -0.2) is 22.6 Å². The maximum absolute atomic E-state index is 12.1. The van der Waals surface area contributed by atoms with Crippen LogP contribution in [0.3, 0.4) is 0 Å². The average Bonchev–Trinajstić information content (AvgIpc) is 2.97. The molecule has 0 bridgehead atoms. The van der Waals surface area contributed by atoms with E-state index in [0.29, 0.717) is 6.54 Å². The number of hydrogen-bond acceptors (Lipinski definition) is 3. The summed E-state index contributed by atoms with van der Waals surface area (Å²) in [7, 11) is 1.63. The molecule has 1 N–H and O–H groups in total. The normalized spacial score (nSPS) is 10.6. The summed E-state index contributed by atoms with van der Waals surface area (Å²) in [5.74, 6) is 0.763. The number of methoxy groups -OCH3 is 1. The first-order valence-electron chi connectivity index (χ1n) is 7.06. The number of carbonyl (C=O) groups excluding carboxylic acids is 1. The van der Waals surface area contributed by atoms with Gasteiger partial charge in [0.15, 0.2) is 0 Å². The molecule has 0 fully saturated rings. The van der Waals surface area contributed by atoms with E-state index in [1.807, 2.05) is 53.1 Å². The third-order valence-electron chi connectivity index (χ3n) is 3.49. The zero-order chi connectivity index (χ0) is 15.4. The minimum absolute atomic E-state index is 0.0426. The van der Waals surface area contributed by atoms with Crippen LogP contribution in [0.15, 0.2) is 54.9 Å². The lowest BCUT2D eigenvalue weighted by molar-refractivity contribution is -0.121. The van der Waals surface area contributed by atoms with Gasteiger partial charge in [-0.25, -0.2) is 4.98 Å². The summed E-state index contributed by atoms with van der Waals surface area (Å²) in [5, 5.41) is 2.91. The lowest BCUT2D eigenvalue weighted by Crippen LogP contribution is -2.26. The molecule has 112 valence electrons. The van der Waals surface area contributed by atoms with E-state index in [2.05, 4.69) is 10.3 Å². The van der Waals surface area contributed by atoms with Crippen molar-refractivity contribution in [1.82, 2.24) is 14.9 Å². The van der Waals surface area contributed by atoms with Gasteiger partial charge in [0.2, 0.25) is 5.91 Å². The second-order valence-electron chi connectivity index (χ2n) is 4.99. The summed E-state index contributed by atoms with van der Waals surface area (Å²) in [6, 6.07) is 15.4. The zero-order valence-corrected chi connectivity index (χ0v) is 12.3. The average molecular weight is 295 g/mol. The van der Waals surface area contributed by atoms with Gasteiger partial charge in [0.1, 0.15) is 12.3 Å². The molecule has 0 aliphatic carbocycles. The molecule has 5 heteroatoms. The van der Waals surface area contributed by atoms with E-state index < -0.39 is 0 Å². The van der Waals surface area contributed by atoms with Crippen LogP contribution in [0.4, 0.5) is 0 Å². The molecular formula is C17H17N3O2. The highest BCUT2D eigenvalue weighted by Crippen LogP contribution is 2.12. The Labute approximate surface area is 128 Å². The lowest BCUT2D eigenvalue weighted by Gasteiger charge is -2.07. The van der Waals surface area contributed by atoms with Crippen molar-refractivity contribution in [3.05, 3.63) is 60.4 Å². The van der Waals surface area contributed by atoms with Crippen molar-refractivity contribution < 1.29 is 9.53 Å². The summed E-state index contributed by atoms with van der Waals surface area (Å²) < 4.78 is 6.95. The van der Waals surface area contributed by atoms with Crippen molar-refractivity contribution in [2.75, 3.05) is 7.11 Å². The topological polar surface area (TPSA) is 56.1 Å². The molecule has 0 saturated carbocycles. The van der Waals surface area contributed by atoms with Crippen molar-refractivity contribution in [3.63, 3.8) is 0 Å². The van der Waals surface area contributed by atoms with E-state index in [9.17, 15) is 4.79 Å². The van der Waals surface area contributed by atoms with Crippen molar-refractivity contribution in [2.45, 2.75) is 13.1 Å². The molecule has 0 aliphatic heterocycles. The summed E-state index contributed by atoms with van der Waals surface area (Å²) >= 11 is 0. The number of nitrogens with zero attached hydrogens (tertiary/aromatic N) is 2. The van der Waals surface area contributed by atoms with Gasteiger partial charge >= 0.3 is 0 Å². The fraction of sp³-hybridized carbons (Fsp3) is 0.176. The van der Waals surface area contributed by atoms with E-state index in [-0.39, 0.29) is 12.5 Å². The molecule has 5 nitrogen and oxygen atoms in total. The molecule has 0 atom stereocenters. The smallest absolute Gasteiger partial charge is 0.240 e. The quantitative estimate of drug-likeness (QED) is 0.786. The number of aromatic nitrogens is 2. The second kappa shape index (κ2) is 6.30. The van der Waals surface area contributed by atoms with Crippen molar-refractivity contribution in [2.24, 2.45) is 0 Å². The van der Waals surface area contributed by atoms with Crippen molar-refractivity contribution in [1.29, 1.82) is 0 Å². The number of hydrogen-bond donors (Lipinski definition) is 1. The molecule has 0 unspecified atom stereocenters. The highest BCUT2D eigenvalue weighted by atomic mass is 16.5. The first-order chi connectivity index (χ1) is 10.8. The summed E-state index contributed by atoms with van der Waals surface area (Å²) in [6.45, 7) is 0.756. The van der Waals surface area contributed by atoms with Gasteiger partial charge < -0.3 is 14.6 Å². The zero-order valence-electron chi connectivity index (χ0n) is 12.3. The number of imidazole rings is 1. The Kier molecular flexibility index (Phi) is 4.05. The monoisotopic (exact) mass is 295 g/mol. The van der Waals surface area contributed by atoms with Crippen LogP contribution in [0.1, 0.15) is 5.56 Å². The van der Waals surface area contributed by atoms with Gasteiger partial charge in [-0.15, -0.1) is 0 Å². The van der Waals surface area contributed by atoms with Crippen LogP contribution in [0.2, 0.25) is 0 Å². The van der Waals surface area contributed by atoms with Gasteiger partial charge in [-0.1, -0.05) is 24.3 Å². The Morgan fingerprint density at radius 3 is 2.73 bits per heavy atom. The predicted molar refractivity (Wildman–Crippen MR) is 84.6 cm³/mol. The largest absolute Gasteiger partial charge is 0.497 e.